The van der Waals surface area contributed by atoms with Crippen LogP contribution in [0, 0.1) is 17.7 Å². The van der Waals surface area contributed by atoms with Gasteiger partial charge in [-0.15, -0.1) is 5.10 Å². The van der Waals surface area contributed by atoms with Crippen molar-refractivity contribution >= 4 is 56.7 Å². The average molecular weight is 832 g/mol. The van der Waals surface area contributed by atoms with Crippen LogP contribution in [0.4, 0.5) is 26.5 Å². The highest BCUT2D eigenvalue weighted by Gasteiger charge is 2.31. The summed E-state index contributed by atoms with van der Waals surface area (Å²) >= 11 is 0. The van der Waals surface area contributed by atoms with Crippen LogP contribution in [0.3, 0.4) is 0 Å². The number of aromatic nitrogens is 3. The summed E-state index contributed by atoms with van der Waals surface area (Å²) in [6.07, 6.45) is 1.57. The number of carbonyl (C=O) groups excluding carboxylic acids is 4. The van der Waals surface area contributed by atoms with Gasteiger partial charge >= 0.3 is 12.1 Å². The summed E-state index contributed by atoms with van der Waals surface area (Å²) in [6, 6.07) is 18.1. The van der Waals surface area contributed by atoms with Crippen molar-refractivity contribution in [3.05, 3.63) is 96.4 Å². The Labute approximate surface area is 340 Å². The number of methoxy groups -OCH3 is 1. The second-order valence-electron chi connectivity index (χ2n) is 14.4. The van der Waals surface area contributed by atoms with E-state index in [2.05, 4.69) is 20.7 Å². The first kappa shape index (κ1) is 43.7. The van der Waals surface area contributed by atoms with E-state index in [-0.39, 0.29) is 39.9 Å². The monoisotopic (exact) mass is 831 g/mol. The molecule has 0 aliphatic heterocycles. The second kappa shape index (κ2) is 18.5. The number of fused-ring (bicyclic) bond motifs is 1. The zero-order valence-electron chi connectivity index (χ0n) is 33.5. The molecule has 2 aromatic heterocycles. The maximum Gasteiger partial charge on any atom is 0.424 e. The molecule has 0 fully saturated rings. The molecule has 3 aromatic carbocycles. The topological polar surface area (TPSA) is 214 Å². The Morgan fingerprint density at radius 3 is 2.14 bits per heavy atom. The normalized spacial score (nSPS) is 13.1. The third kappa shape index (κ3) is 10.6. The lowest BCUT2D eigenvalue weighted by molar-refractivity contribution is -0.157. The number of hydrogen-bond donors (Lipinski definition) is 3. The van der Waals surface area contributed by atoms with Crippen molar-refractivity contribution in [2.24, 2.45) is 17.6 Å². The Morgan fingerprint density at radius 2 is 1.53 bits per heavy atom. The molecule has 5 aromatic rings. The van der Waals surface area contributed by atoms with Gasteiger partial charge in [0.25, 0.3) is 5.95 Å². The van der Waals surface area contributed by atoms with Gasteiger partial charge in [-0.3, -0.25) is 9.59 Å². The van der Waals surface area contributed by atoms with E-state index < -0.39 is 58.5 Å². The van der Waals surface area contributed by atoms with Gasteiger partial charge in [-0.2, -0.15) is 4.98 Å². The predicted octanol–water partition coefficient (Wildman–Crippen LogP) is 5.59. The summed E-state index contributed by atoms with van der Waals surface area (Å²) in [5.41, 5.74) is 8.94. The van der Waals surface area contributed by atoms with E-state index in [1.165, 1.54) is 42.0 Å². The van der Waals surface area contributed by atoms with Crippen molar-refractivity contribution in [3.8, 4) is 16.9 Å². The minimum absolute atomic E-state index is 0.00809. The van der Waals surface area contributed by atoms with Gasteiger partial charge < -0.3 is 30.6 Å². The molecule has 0 aliphatic rings. The number of amides is 3. The van der Waals surface area contributed by atoms with Gasteiger partial charge in [-0.25, -0.2) is 31.8 Å². The lowest BCUT2D eigenvalue weighted by Gasteiger charge is -2.24. The van der Waals surface area contributed by atoms with Crippen LogP contribution in [0.25, 0.3) is 16.8 Å². The number of hydrogen-bond acceptors (Lipinski definition) is 12. The van der Waals surface area contributed by atoms with Crippen molar-refractivity contribution < 1.29 is 46.2 Å². The largest absolute Gasteiger partial charge is 0.495 e. The van der Waals surface area contributed by atoms with Crippen LogP contribution < -0.4 is 26.0 Å². The Bertz CT molecular complexity index is 2440. The lowest BCUT2D eigenvalue weighted by Crippen LogP contribution is -2.52. The SMILES string of the molecule is COc1cc(S(C)(=O)=O)ccc1N(C(=O)OCOC(=O)[C@@H](NC(=O)[C@@H](N)C(C)C)C(C)C)c1nc2ccc(-c3ccc(NC(=O)[C@H](C)c4ccc(F)cc4)cc3)cn2n1. The Kier molecular flexibility index (Phi) is 13.7. The van der Waals surface area contributed by atoms with E-state index in [1.54, 1.807) is 89.3 Å². The number of ether oxygens (including phenoxy) is 3. The molecule has 3 atom stereocenters. The van der Waals surface area contributed by atoms with Crippen molar-refractivity contribution in [1.82, 2.24) is 19.9 Å². The van der Waals surface area contributed by atoms with Gasteiger partial charge in [0.05, 0.1) is 29.7 Å². The number of anilines is 3. The molecule has 312 valence electrons. The van der Waals surface area contributed by atoms with Crippen LogP contribution in [0.2, 0.25) is 0 Å². The van der Waals surface area contributed by atoms with Gasteiger partial charge in [0.1, 0.15) is 17.6 Å². The van der Waals surface area contributed by atoms with E-state index in [0.717, 1.165) is 16.7 Å². The lowest BCUT2D eigenvalue weighted by atomic mass is 10.00. The second-order valence-corrected chi connectivity index (χ2v) is 16.4. The molecule has 0 spiro atoms. The third-order valence-corrected chi connectivity index (χ3v) is 10.5. The maximum absolute atomic E-state index is 13.8. The minimum Gasteiger partial charge on any atom is -0.495 e. The van der Waals surface area contributed by atoms with Crippen molar-refractivity contribution in [2.75, 3.05) is 30.4 Å². The Balaban J connectivity index is 1.38. The first-order valence-corrected chi connectivity index (χ1v) is 20.4. The molecule has 3 amide bonds. The van der Waals surface area contributed by atoms with Crippen LogP contribution >= 0.6 is 0 Å². The highest BCUT2D eigenvalue weighted by Crippen LogP contribution is 2.35. The average Bonchev–Trinajstić information content (AvgIpc) is 3.62. The number of nitrogens with one attached hydrogen (secondary N) is 2. The molecular weight excluding hydrogens is 786 g/mol. The number of esters is 1. The number of carbonyl (C=O) groups is 4. The maximum atomic E-state index is 13.8. The first-order valence-electron chi connectivity index (χ1n) is 18.5. The number of pyridine rings is 1. The van der Waals surface area contributed by atoms with E-state index in [9.17, 15) is 32.0 Å². The van der Waals surface area contributed by atoms with E-state index >= 15 is 0 Å². The van der Waals surface area contributed by atoms with Gasteiger partial charge in [-0.1, -0.05) is 52.0 Å². The Hall–Kier alpha value is -6.40. The van der Waals surface area contributed by atoms with Gasteiger partial charge in [0.2, 0.25) is 18.6 Å². The third-order valence-electron chi connectivity index (χ3n) is 9.39. The van der Waals surface area contributed by atoms with Gasteiger partial charge in [0.15, 0.2) is 15.5 Å². The van der Waals surface area contributed by atoms with Crippen LogP contribution in [0.5, 0.6) is 5.75 Å². The molecule has 18 heteroatoms. The standard InChI is InChI=1S/C41H46FN7O9S/c1-23(2)35(43)38(51)46-36(24(3)4)39(52)57-22-58-41(53)49(32-18-17-31(59(7,54)55)20-33(32)56-6)40-45-34-19-12-28(21-48(34)47-40)27-10-15-30(16-11-27)44-37(50)25(5)26-8-13-29(42)14-9-26/h8-21,23-25,35-36H,22,43H2,1-7H3,(H,44,50)(H,46,51)/t25-,35+,36+/m1/s1. The molecule has 5 rings (SSSR count). The molecular formula is C41H46FN7O9S. The zero-order valence-corrected chi connectivity index (χ0v) is 34.3. The number of rotatable bonds is 15. The number of nitrogens with zero attached hydrogens (tertiary/aromatic N) is 4. The summed E-state index contributed by atoms with van der Waals surface area (Å²) in [4.78, 5) is 57.7. The molecule has 59 heavy (non-hydrogen) atoms. The zero-order chi connectivity index (χ0) is 43.2. The molecule has 0 unspecified atom stereocenters. The van der Waals surface area contributed by atoms with Crippen LogP contribution in [-0.4, -0.2) is 79.1 Å². The number of benzene rings is 3. The van der Waals surface area contributed by atoms with Crippen molar-refractivity contribution in [3.63, 3.8) is 0 Å². The van der Waals surface area contributed by atoms with E-state index in [0.29, 0.717) is 22.5 Å². The molecule has 16 nitrogen and oxygen atoms in total. The van der Waals surface area contributed by atoms with Gasteiger partial charge in [-0.05, 0) is 78.4 Å². The van der Waals surface area contributed by atoms with E-state index in [4.69, 9.17) is 19.9 Å². The summed E-state index contributed by atoms with van der Waals surface area (Å²) in [7, 11) is -2.39. The molecule has 2 heterocycles. The molecule has 0 bridgehead atoms. The molecule has 0 aliphatic carbocycles. The Morgan fingerprint density at radius 1 is 0.864 bits per heavy atom. The van der Waals surface area contributed by atoms with Crippen LogP contribution in [0.15, 0.2) is 90.0 Å². The molecule has 0 saturated carbocycles. The number of halogens is 1. The minimum atomic E-state index is -3.68. The molecule has 0 saturated heterocycles. The van der Waals surface area contributed by atoms with E-state index in [1.807, 2.05) is 0 Å². The summed E-state index contributed by atoms with van der Waals surface area (Å²) < 4.78 is 55.6. The number of sulfone groups is 1. The number of nitrogens with two attached hydrogens (primary N) is 1. The summed E-state index contributed by atoms with van der Waals surface area (Å²) in [5, 5.41) is 9.98. The fourth-order valence-corrected chi connectivity index (χ4v) is 6.38. The highest BCUT2D eigenvalue weighted by molar-refractivity contribution is 7.90. The fraction of sp³-hybridized carbons (Fsp3) is 0.317. The summed E-state index contributed by atoms with van der Waals surface area (Å²) in [5.74, 6) is -3.41. The van der Waals surface area contributed by atoms with Crippen LogP contribution in [-0.2, 0) is 33.7 Å². The van der Waals surface area contributed by atoms with Crippen LogP contribution in [0.1, 0.15) is 46.1 Å². The summed E-state index contributed by atoms with van der Waals surface area (Å²) in [6.45, 7) is 7.79. The highest BCUT2D eigenvalue weighted by atomic mass is 32.2. The van der Waals surface area contributed by atoms with Crippen molar-refractivity contribution in [2.45, 2.75) is 57.5 Å². The predicted molar refractivity (Wildman–Crippen MR) is 217 cm³/mol. The van der Waals surface area contributed by atoms with Gasteiger partial charge in [0, 0.05) is 29.8 Å². The first-order chi connectivity index (χ1) is 27.9. The molecule has 0 radical (unpaired) electrons. The molecule has 4 N–H and O–H groups in total. The fourth-order valence-electron chi connectivity index (χ4n) is 5.74. The smallest absolute Gasteiger partial charge is 0.424 e. The van der Waals surface area contributed by atoms with Crippen molar-refractivity contribution in [1.29, 1.82) is 0 Å². The quantitative estimate of drug-likeness (QED) is 0.0870.